The summed E-state index contributed by atoms with van der Waals surface area (Å²) in [6.07, 6.45) is -4.02. The third-order valence-electron chi connectivity index (χ3n) is 3.75. The van der Waals surface area contributed by atoms with E-state index in [0.717, 1.165) is 4.90 Å². The largest absolute Gasteiger partial charge is 0.408 e. The van der Waals surface area contributed by atoms with Crippen molar-refractivity contribution in [2.24, 2.45) is 0 Å². The summed E-state index contributed by atoms with van der Waals surface area (Å²) < 4.78 is 44.5. The van der Waals surface area contributed by atoms with Gasteiger partial charge in [0, 0.05) is 19.5 Å². The molecule has 128 valence electrons. The van der Waals surface area contributed by atoms with Crippen molar-refractivity contribution in [3.63, 3.8) is 0 Å². The van der Waals surface area contributed by atoms with E-state index in [-0.39, 0.29) is 38.0 Å². The van der Waals surface area contributed by atoms with Gasteiger partial charge in [0.05, 0.1) is 6.10 Å². The Bertz CT molecular complexity index is 401. The first-order valence-electron chi connectivity index (χ1n) is 7.40. The lowest BCUT2D eigenvalue weighted by molar-refractivity contribution is -0.199. The highest BCUT2D eigenvalue weighted by atomic mass is 19.4. The van der Waals surface area contributed by atoms with Crippen LogP contribution in [0.25, 0.3) is 0 Å². The maximum Gasteiger partial charge on any atom is 0.408 e. The van der Waals surface area contributed by atoms with Crippen LogP contribution in [0.15, 0.2) is 0 Å². The molecule has 1 aliphatic heterocycles. The monoisotopic (exact) mass is 324 g/mol. The summed E-state index contributed by atoms with van der Waals surface area (Å²) in [6, 6.07) is -2.27. The van der Waals surface area contributed by atoms with Gasteiger partial charge >= 0.3 is 6.18 Å². The Labute approximate surface area is 128 Å². The minimum Gasteiger partial charge on any atom is -0.369 e. The lowest BCUT2D eigenvalue weighted by Gasteiger charge is -2.40. The molecule has 0 spiro atoms. The van der Waals surface area contributed by atoms with Gasteiger partial charge in [0.2, 0.25) is 11.8 Å². The molecule has 0 aromatic rings. The number of likely N-dealkylation sites (tertiary alicyclic amines) is 1. The molecule has 8 heteroatoms. The Morgan fingerprint density at radius 1 is 1.36 bits per heavy atom. The molecule has 1 fully saturated rings. The molecule has 0 unspecified atom stereocenters. The smallest absolute Gasteiger partial charge is 0.369 e. The average molecular weight is 324 g/mol. The fourth-order valence-electron chi connectivity index (χ4n) is 2.41. The Kier molecular flexibility index (Phi) is 6.65. The molecule has 1 heterocycles. The number of ether oxygens (including phenoxy) is 1. The highest BCUT2D eigenvalue weighted by molar-refractivity contribution is 5.78. The van der Waals surface area contributed by atoms with Crippen LogP contribution in [0.2, 0.25) is 0 Å². The van der Waals surface area contributed by atoms with Crippen LogP contribution in [0.3, 0.4) is 0 Å². The van der Waals surface area contributed by atoms with Crippen molar-refractivity contribution in [2.45, 2.75) is 64.4 Å². The van der Waals surface area contributed by atoms with Gasteiger partial charge in [-0.2, -0.15) is 13.2 Å². The lowest BCUT2D eigenvalue weighted by atomic mass is 9.97. The Balaban J connectivity index is 2.76. The number of carbonyl (C=O) groups is 2. The zero-order chi connectivity index (χ0) is 16.9. The Hall–Kier alpha value is -1.31. The molecule has 3 atom stereocenters. The first kappa shape index (κ1) is 18.7. The van der Waals surface area contributed by atoms with Gasteiger partial charge in [-0.15, -0.1) is 0 Å². The predicted octanol–water partition coefficient (Wildman–Crippen LogP) is 1.86. The van der Waals surface area contributed by atoms with Crippen LogP contribution >= 0.6 is 0 Å². The third-order valence-corrected chi connectivity index (χ3v) is 3.75. The van der Waals surface area contributed by atoms with Gasteiger partial charge in [-0.3, -0.25) is 9.59 Å². The summed E-state index contributed by atoms with van der Waals surface area (Å²) >= 11 is 0. The van der Waals surface area contributed by atoms with Crippen LogP contribution < -0.4 is 5.32 Å². The van der Waals surface area contributed by atoms with Gasteiger partial charge in [-0.1, -0.05) is 6.92 Å². The van der Waals surface area contributed by atoms with E-state index in [1.807, 2.05) is 6.92 Å². The summed E-state index contributed by atoms with van der Waals surface area (Å²) in [4.78, 5) is 23.9. The van der Waals surface area contributed by atoms with E-state index in [1.54, 1.807) is 6.92 Å². The van der Waals surface area contributed by atoms with Crippen LogP contribution in [-0.2, 0) is 14.3 Å². The van der Waals surface area contributed by atoms with E-state index >= 15 is 0 Å². The second-order valence-electron chi connectivity index (χ2n) is 5.61. The van der Waals surface area contributed by atoms with Crippen LogP contribution in [0.1, 0.15) is 40.0 Å². The summed E-state index contributed by atoms with van der Waals surface area (Å²) in [5.41, 5.74) is 0. The number of alkyl halides is 3. The zero-order valence-corrected chi connectivity index (χ0v) is 13.1. The second kappa shape index (κ2) is 7.80. The third kappa shape index (κ3) is 5.47. The molecule has 2 amide bonds. The minimum atomic E-state index is -4.48. The quantitative estimate of drug-likeness (QED) is 0.840. The molecule has 0 aromatic carbocycles. The maximum atomic E-state index is 13.1. The molecule has 0 radical (unpaired) electrons. The number of piperidine rings is 1. The Morgan fingerprint density at radius 2 is 2.00 bits per heavy atom. The van der Waals surface area contributed by atoms with E-state index in [4.69, 9.17) is 4.74 Å². The fraction of sp³-hybridized carbons (Fsp3) is 0.857. The summed E-state index contributed by atoms with van der Waals surface area (Å²) in [5, 5.41) is 2.57. The number of nitrogens with one attached hydrogen (secondary N) is 1. The summed E-state index contributed by atoms with van der Waals surface area (Å²) in [6.45, 7) is 4.39. The molecular formula is C14H23F3N2O3. The van der Waals surface area contributed by atoms with E-state index in [9.17, 15) is 22.8 Å². The molecule has 1 aliphatic rings. The molecular weight excluding hydrogens is 301 g/mol. The van der Waals surface area contributed by atoms with Crippen molar-refractivity contribution in [3.05, 3.63) is 0 Å². The maximum absolute atomic E-state index is 13.1. The SMILES string of the molecule is CC[C@H](C)OCC(=O)N1C[C@@H](NC(C)=O)CC[C@@H]1C(F)(F)F. The van der Waals surface area contributed by atoms with Crippen molar-refractivity contribution in [2.75, 3.05) is 13.2 Å². The van der Waals surface area contributed by atoms with Crippen molar-refractivity contribution in [1.82, 2.24) is 10.2 Å². The van der Waals surface area contributed by atoms with Crippen LogP contribution in [0.4, 0.5) is 13.2 Å². The van der Waals surface area contributed by atoms with E-state index in [2.05, 4.69) is 5.32 Å². The van der Waals surface area contributed by atoms with Crippen LogP contribution in [-0.4, -0.2) is 54.2 Å². The summed E-state index contributed by atoms with van der Waals surface area (Å²) in [5.74, 6) is -1.02. The van der Waals surface area contributed by atoms with E-state index < -0.39 is 24.2 Å². The van der Waals surface area contributed by atoms with Gasteiger partial charge in [-0.05, 0) is 26.2 Å². The minimum absolute atomic E-state index is 0.146. The first-order chi connectivity index (χ1) is 10.1. The second-order valence-corrected chi connectivity index (χ2v) is 5.61. The van der Waals surface area contributed by atoms with Crippen LogP contribution in [0, 0.1) is 0 Å². The number of hydrogen-bond donors (Lipinski definition) is 1. The molecule has 5 nitrogen and oxygen atoms in total. The van der Waals surface area contributed by atoms with E-state index in [1.165, 1.54) is 6.92 Å². The zero-order valence-electron chi connectivity index (χ0n) is 13.1. The van der Waals surface area contributed by atoms with Crippen molar-refractivity contribution in [3.8, 4) is 0 Å². The highest BCUT2D eigenvalue weighted by Crippen LogP contribution is 2.32. The number of nitrogens with zero attached hydrogens (tertiary/aromatic N) is 1. The molecule has 0 aliphatic carbocycles. The lowest BCUT2D eigenvalue weighted by Crippen LogP contribution is -2.58. The number of hydrogen-bond acceptors (Lipinski definition) is 3. The van der Waals surface area contributed by atoms with Crippen molar-refractivity contribution < 1.29 is 27.5 Å². The van der Waals surface area contributed by atoms with Gasteiger partial charge in [0.25, 0.3) is 0 Å². The van der Waals surface area contributed by atoms with Gasteiger partial charge < -0.3 is 15.0 Å². The molecule has 0 bridgehead atoms. The number of amides is 2. The Morgan fingerprint density at radius 3 is 2.50 bits per heavy atom. The van der Waals surface area contributed by atoms with Crippen molar-refractivity contribution >= 4 is 11.8 Å². The molecule has 1 rings (SSSR count). The molecule has 1 saturated heterocycles. The van der Waals surface area contributed by atoms with Gasteiger partial charge in [-0.25, -0.2) is 0 Å². The van der Waals surface area contributed by atoms with E-state index in [0.29, 0.717) is 6.42 Å². The number of halogens is 3. The topological polar surface area (TPSA) is 58.6 Å². The number of carbonyl (C=O) groups excluding carboxylic acids is 2. The first-order valence-corrected chi connectivity index (χ1v) is 7.40. The highest BCUT2D eigenvalue weighted by Gasteiger charge is 2.48. The average Bonchev–Trinajstić information content (AvgIpc) is 2.42. The normalized spacial score (nSPS) is 24.0. The summed E-state index contributed by atoms with van der Waals surface area (Å²) in [7, 11) is 0. The van der Waals surface area contributed by atoms with Gasteiger partial charge in [0.15, 0.2) is 0 Å². The molecule has 0 saturated carbocycles. The fourth-order valence-corrected chi connectivity index (χ4v) is 2.41. The molecule has 1 N–H and O–H groups in total. The standard InChI is InChI=1S/C14H23F3N2O3/c1-4-9(2)22-8-13(21)19-7-11(18-10(3)20)5-6-12(19)14(15,16)17/h9,11-12H,4-8H2,1-3H3,(H,18,20)/t9-,11-,12+/m0/s1. The molecule has 0 aromatic heterocycles. The predicted molar refractivity (Wildman–Crippen MR) is 74.1 cm³/mol. The van der Waals surface area contributed by atoms with Gasteiger partial charge in [0.1, 0.15) is 12.6 Å². The van der Waals surface area contributed by atoms with Crippen LogP contribution in [0.5, 0.6) is 0 Å². The number of rotatable bonds is 5. The van der Waals surface area contributed by atoms with Crippen molar-refractivity contribution in [1.29, 1.82) is 0 Å². The molecule has 22 heavy (non-hydrogen) atoms.